The lowest BCUT2D eigenvalue weighted by atomic mass is 10.1. The van der Waals surface area contributed by atoms with E-state index >= 15 is 0 Å². The zero-order valence-corrected chi connectivity index (χ0v) is 15.6. The quantitative estimate of drug-likeness (QED) is 0.838. The van der Waals surface area contributed by atoms with E-state index in [1.807, 2.05) is 36.9 Å². The summed E-state index contributed by atoms with van der Waals surface area (Å²) < 4.78 is 37.9. The third-order valence-corrected chi connectivity index (χ3v) is 4.86. The molecular weight excluding hydrogens is 352 g/mol. The van der Waals surface area contributed by atoms with Crippen LogP contribution in [0.1, 0.15) is 22.8 Å². The van der Waals surface area contributed by atoms with Gasteiger partial charge >= 0.3 is 0 Å². The predicted octanol–water partition coefficient (Wildman–Crippen LogP) is 3.39. The zero-order valence-electron chi connectivity index (χ0n) is 15.6. The summed E-state index contributed by atoms with van der Waals surface area (Å²) in [6.07, 6.45) is -1.00. The van der Waals surface area contributed by atoms with Crippen molar-refractivity contribution in [2.24, 2.45) is 0 Å². The van der Waals surface area contributed by atoms with Crippen LogP contribution in [0.15, 0.2) is 36.4 Å². The fraction of sp³-hybridized carbons (Fsp3) is 0.429. The van der Waals surface area contributed by atoms with Gasteiger partial charge in [-0.1, -0.05) is 12.1 Å². The molecule has 1 aliphatic rings. The van der Waals surface area contributed by atoms with Crippen LogP contribution >= 0.6 is 0 Å². The van der Waals surface area contributed by atoms with Gasteiger partial charge in [0.2, 0.25) is 0 Å². The van der Waals surface area contributed by atoms with Crippen LogP contribution in [-0.2, 0) is 4.74 Å². The Morgan fingerprint density at radius 3 is 2.70 bits per heavy atom. The third kappa shape index (κ3) is 5.25. The SMILES string of the molecule is Cc1ccc(OCC(O)CN2CCOC(c3ccc(F)c(F)c3)C2)cc1C. The summed E-state index contributed by atoms with van der Waals surface area (Å²) in [5.74, 6) is -1.01. The third-order valence-electron chi connectivity index (χ3n) is 4.86. The highest BCUT2D eigenvalue weighted by Crippen LogP contribution is 2.24. The van der Waals surface area contributed by atoms with Gasteiger partial charge in [0, 0.05) is 19.6 Å². The molecule has 0 spiro atoms. The van der Waals surface area contributed by atoms with Gasteiger partial charge in [-0.15, -0.1) is 0 Å². The van der Waals surface area contributed by atoms with E-state index in [-0.39, 0.29) is 12.7 Å². The van der Waals surface area contributed by atoms with Crippen LogP contribution in [0.25, 0.3) is 0 Å². The molecule has 0 aromatic heterocycles. The highest BCUT2D eigenvalue weighted by molar-refractivity contribution is 5.33. The number of morpholine rings is 1. The van der Waals surface area contributed by atoms with Crippen LogP contribution < -0.4 is 4.74 Å². The Morgan fingerprint density at radius 2 is 1.96 bits per heavy atom. The van der Waals surface area contributed by atoms with Crippen LogP contribution in [0.4, 0.5) is 8.78 Å². The van der Waals surface area contributed by atoms with E-state index in [4.69, 9.17) is 9.47 Å². The molecule has 2 unspecified atom stereocenters. The van der Waals surface area contributed by atoms with E-state index in [2.05, 4.69) is 0 Å². The van der Waals surface area contributed by atoms with Gasteiger partial charge in [0.25, 0.3) is 0 Å². The van der Waals surface area contributed by atoms with Crippen molar-refractivity contribution in [3.63, 3.8) is 0 Å². The van der Waals surface area contributed by atoms with Crippen molar-refractivity contribution < 1.29 is 23.4 Å². The van der Waals surface area contributed by atoms with Crippen molar-refractivity contribution in [2.75, 3.05) is 32.8 Å². The normalized spacial score (nSPS) is 19.1. The molecule has 1 aliphatic heterocycles. The van der Waals surface area contributed by atoms with Gasteiger partial charge < -0.3 is 14.6 Å². The van der Waals surface area contributed by atoms with Crippen LogP contribution in [0.2, 0.25) is 0 Å². The fourth-order valence-corrected chi connectivity index (χ4v) is 3.13. The lowest BCUT2D eigenvalue weighted by molar-refractivity contribution is -0.0460. The molecule has 1 fully saturated rings. The van der Waals surface area contributed by atoms with Gasteiger partial charge in [0.05, 0.1) is 12.7 Å². The van der Waals surface area contributed by atoms with Crippen molar-refractivity contribution in [2.45, 2.75) is 26.1 Å². The largest absolute Gasteiger partial charge is 0.491 e. The van der Waals surface area contributed by atoms with Crippen LogP contribution in [0, 0.1) is 25.5 Å². The molecule has 146 valence electrons. The van der Waals surface area contributed by atoms with Crippen molar-refractivity contribution in [1.29, 1.82) is 0 Å². The van der Waals surface area contributed by atoms with Crippen LogP contribution in [0.3, 0.4) is 0 Å². The molecular formula is C21H25F2NO3. The fourth-order valence-electron chi connectivity index (χ4n) is 3.13. The van der Waals surface area contributed by atoms with Gasteiger partial charge in [-0.05, 0) is 54.8 Å². The summed E-state index contributed by atoms with van der Waals surface area (Å²) in [4.78, 5) is 2.05. The molecule has 0 radical (unpaired) electrons. The molecule has 4 nitrogen and oxygen atoms in total. The molecule has 0 bridgehead atoms. The van der Waals surface area contributed by atoms with Gasteiger partial charge in [0.15, 0.2) is 11.6 Å². The van der Waals surface area contributed by atoms with Gasteiger partial charge in [-0.2, -0.15) is 0 Å². The average Bonchev–Trinajstić information content (AvgIpc) is 2.65. The maximum absolute atomic E-state index is 13.5. The molecule has 2 atom stereocenters. The second kappa shape index (κ2) is 8.78. The minimum absolute atomic E-state index is 0.190. The maximum atomic E-state index is 13.5. The van der Waals surface area contributed by atoms with E-state index in [1.165, 1.54) is 17.7 Å². The summed E-state index contributed by atoms with van der Waals surface area (Å²) in [5, 5.41) is 10.3. The molecule has 6 heteroatoms. The standard InChI is InChI=1S/C21H25F2NO3/c1-14-3-5-18(9-15(14)2)27-13-17(25)11-24-7-8-26-21(12-24)16-4-6-19(22)20(23)10-16/h3-6,9-10,17,21,25H,7-8,11-13H2,1-2H3. The summed E-state index contributed by atoms with van der Waals surface area (Å²) in [5.41, 5.74) is 2.93. The average molecular weight is 377 g/mol. The summed E-state index contributed by atoms with van der Waals surface area (Å²) in [6.45, 7) is 6.31. The number of ether oxygens (including phenoxy) is 2. The lowest BCUT2D eigenvalue weighted by Gasteiger charge is -2.34. The second-order valence-electron chi connectivity index (χ2n) is 7.00. The first-order chi connectivity index (χ1) is 12.9. The number of hydrogen-bond donors (Lipinski definition) is 1. The highest BCUT2D eigenvalue weighted by Gasteiger charge is 2.24. The number of benzene rings is 2. The zero-order chi connectivity index (χ0) is 19.4. The van der Waals surface area contributed by atoms with Crippen molar-refractivity contribution >= 4 is 0 Å². The van der Waals surface area contributed by atoms with Crippen LogP contribution in [-0.4, -0.2) is 49.0 Å². The van der Waals surface area contributed by atoms with Crippen molar-refractivity contribution in [3.8, 4) is 5.75 Å². The molecule has 27 heavy (non-hydrogen) atoms. The first-order valence-electron chi connectivity index (χ1n) is 9.09. The Balaban J connectivity index is 1.52. The van der Waals surface area contributed by atoms with Crippen LogP contribution in [0.5, 0.6) is 5.75 Å². The molecule has 1 N–H and O–H groups in total. The number of aliphatic hydroxyl groups excluding tert-OH is 1. The number of nitrogens with zero attached hydrogens (tertiary/aromatic N) is 1. The molecule has 1 saturated heterocycles. The number of β-amino-alcohol motifs (C(OH)–C–C–N with tert-alkyl or cyclic N) is 1. The summed E-state index contributed by atoms with van der Waals surface area (Å²) >= 11 is 0. The summed E-state index contributed by atoms with van der Waals surface area (Å²) in [7, 11) is 0. The minimum atomic E-state index is -0.880. The molecule has 0 saturated carbocycles. The summed E-state index contributed by atoms with van der Waals surface area (Å²) in [6, 6.07) is 9.65. The molecule has 1 heterocycles. The maximum Gasteiger partial charge on any atom is 0.159 e. The molecule has 2 aromatic carbocycles. The van der Waals surface area contributed by atoms with E-state index in [1.54, 1.807) is 0 Å². The number of hydrogen-bond acceptors (Lipinski definition) is 4. The molecule has 0 aliphatic carbocycles. The minimum Gasteiger partial charge on any atom is -0.491 e. The van der Waals surface area contributed by atoms with Gasteiger partial charge in [-0.3, -0.25) is 4.90 Å². The number of aliphatic hydroxyl groups is 1. The lowest BCUT2D eigenvalue weighted by Crippen LogP contribution is -2.43. The number of rotatable bonds is 6. The first kappa shape index (κ1) is 19.7. The predicted molar refractivity (Wildman–Crippen MR) is 98.9 cm³/mol. The van der Waals surface area contributed by atoms with Crippen molar-refractivity contribution in [3.05, 3.63) is 64.7 Å². The smallest absolute Gasteiger partial charge is 0.159 e. The topological polar surface area (TPSA) is 41.9 Å². The molecule has 3 rings (SSSR count). The first-order valence-corrected chi connectivity index (χ1v) is 9.09. The Hall–Kier alpha value is -2.02. The Bertz CT molecular complexity index is 784. The molecule has 2 aromatic rings. The van der Waals surface area contributed by atoms with Crippen molar-refractivity contribution in [1.82, 2.24) is 4.90 Å². The second-order valence-corrected chi connectivity index (χ2v) is 7.00. The Kier molecular flexibility index (Phi) is 6.42. The molecule has 0 amide bonds. The monoisotopic (exact) mass is 377 g/mol. The Morgan fingerprint density at radius 1 is 1.15 bits per heavy atom. The van der Waals surface area contributed by atoms with E-state index in [9.17, 15) is 13.9 Å². The highest BCUT2D eigenvalue weighted by atomic mass is 19.2. The number of aryl methyl sites for hydroxylation is 2. The Labute approximate surface area is 158 Å². The number of halogens is 2. The van der Waals surface area contributed by atoms with Gasteiger partial charge in [-0.25, -0.2) is 8.78 Å². The van der Waals surface area contributed by atoms with E-state index < -0.39 is 17.7 Å². The van der Waals surface area contributed by atoms with E-state index in [0.29, 0.717) is 31.8 Å². The van der Waals surface area contributed by atoms with Gasteiger partial charge in [0.1, 0.15) is 18.5 Å². The van der Waals surface area contributed by atoms with E-state index in [0.717, 1.165) is 17.4 Å².